The molecule has 2 rings (SSSR count). The lowest BCUT2D eigenvalue weighted by molar-refractivity contribution is -0.120. The number of para-hydroxylation sites is 1. The number of nitrogens with zero attached hydrogens (tertiary/aromatic N) is 1. The van der Waals surface area contributed by atoms with Gasteiger partial charge >= 0.3 is 0 Å². The van der Waals surface area contributed by atoms with Crippen LogP contribution in [0.25, 0.3) is 0 Å². The number of carbonyl (C=O) groups is 1. The molecule has 0 aromatic heterocycles. The molecule has 0 saturated heterocycles. The van der Waals surface area contributed by atoms with Crippen molar-refractivity contribution in [2.75, 3.05) is 24.5 Å². The molecule has 0 spiro atoms. The zero-order chi connectivity index (χ0) is 20.9. The number of nitrogens with one attached hydrogen (secondary N) is 1. The Bertz CT molecular complexity index is 919. The minimum Gasteiger partial charge on any atom is -0.495 e. The number of methoxy groups -OCH3 is 1. The number of hydrogen-bond donors (Lipinski definition) is 1. The second-order valence-corrected chi connectivity index (χ2v) is 9.67. The Morgan fingerprint density at radius 1 is 1.11 bits per heavy atom. The van der Waals surface area contributed by atoms with Gasteiger partial charge < -0.3 is 10.1 Å². The first-order valence-corrected chi connectivity index (χ1v) is 10.5. The molecule has 0 saturated carbocycles. The Hall–Kier alpha value is -2.54. The molecule has 1 amide bonds. The molecule has 0 aliphatic heterocycles. The molecule has 0 aliphatic rings. The maximum atomic E-state index is 13.5. The van der Waals surface area contributed by atoms with Crippen molar-refractivity contribution < 1.29 is 17.9 Å². The molecule has 2 aromatic rings. The van der Waals surface area contributed by atoms with Gasteiger partial charge in [0.25, 0.3) is 10.0 Å². The predicted molar refractivity (Wildman–Crippen MR) is 111 cm³/mol. The van der Waals surface area contributed by atoms with Crippen molar-refractivity contribution in [3.63, 3.8) is 0 Å². The van der Waals surface area contributed by atoms with E-state index in [2.05, 4.69) is 5.32 Å². The van der Waals surface area contributed by atoms with Crippen molar-refractivity contribution in [3.8, 4) is 5.75 Å². The Kier molecular flexibility index (Phi) is 6.72. The molecule has 152 valence electrons. The molecule has 0 fully saturated rings. The second-order valence-electron chi connectivity index (χ2n) is 7.84. The number of benzene rings is 2. The van der Waals surface area contributed by atoms with Crippen LogP contribution in [0.1, 0.15) is 26.3 Å². The summed E-state index contributed by atoms with van der Waals surface area (Å²) in [6.45, 7) is 7.92. The van der Waals surface area contributed by atoms with Gasteiger partial charge in [0.05, 0.1) is 12.8 Å². The van der Waals surface area contributed by atoms with Crippen LogP contribution in [0.2, 0.25) is 0 Å². The number of sulfonamides is 1. The quantitative estimate of drug-likeness (QED) is 0.768. The van der Waals surface area contributed by atoms with Gasteiger partial charge in [0, 0.05) is 6.54 Å². The third kappa shape index (κ3) is 5.48. The lowest BCUT2D eigenvalue weighted by Crippen LogP contribution is -2.43. The summed E-state index contributed by atoms with van der Waals surface area (Å²) in [4.78, 5) is 12.6. The molecule has 7 heteroatoms. The lowest BCUT2D eigenvalue weighted by Gasteiger charge is -2.26. The Balaban J connectivity index is 2.45. The number of amides is 1. The zero-order valence-corrected chi connectivity index (χ0v) is 17.8. The van der Waals surface area contributed by atoms with Gasteiger partial charge in [0.1, 0.15) is 17.2 Å². The highest BCUT2D eigenvalue weighted by Gasteiger charge is 2.30. The van der Waals surface area contributed by atoms with E-state index in [-0.39, 0.29) is 28.5 Å². The first kappa shape index (κ1) is 21.8. The van der Waals surface area contributed by atoms with Gasteiger partial charge in [-0.05, 0) is 42.2 Å². The van der Waals surface area contributed by atoms with Crippen molar-refractivity contribution in [2.24, 2.45) is 5.41 Å². The molecule has 6 nitrogen and oxygen atoms in total. The Morgan fingerprint density at radius 2 is 1.75 bits per heavy atom. The predicted octanol–water partition coefficient (Wildman–Crippen LogP) is 3.36. The van der Waals surface area contributed by atoms with Crippen molar-refractivity contribution >= 4 is 21.6 Å². The van der Waals surface area contributed by atoms with Crippen LogP contribution in [0, 0.1) is 12.3 Å². The fraction of sp³-hybridized carbons (Fsp3) is 0.381. The molecule has 0 atom stereocenters. The van der Waals surface area contributed by atoms with Gasteiger partial charge in [-0.15, -0.1) is 0 Å². The number of aryl methyl sites for hydroxylation is 1. The van der Waals surface area contributed by atoms with Crippen molar-refractivity contribution in [2.45, 2.75) is 32.6 Å². The van der Waals surface area contributed by atoms with Gasteiger partial charge in [0.15, 0.2) is 0 Å². The van der Waals surface area contributed by atoms with Gasteiger partial charge in [0.2, 0.25) is 5.91 Å². The van der Waals surface area contributed by atoms with Crippen LogP contribution in [-0.4, -0.2) is 34.5 Å². The normalized spacial score (nSPS) is 11.8. The van der Waals surface area contributed by atoms with Gasteiger partial charge in [-0.1, -0.05) is 45.0 Å². The molecule has 2 aromatic carbocycles. The lowest BCUT2D eigenvalue weighted by atomic mass is 9.97. The summed E-state index contributed by atoms with van der Waals surface area (Å²) in [5, 5.41) is 2.81. The van der Waals surface area contributed by atoms with E-state index < -0.39 is 10.0 Å². The Labute approximate surface area is 167 Å². The van der Waals surface area contributed by atoms with E-state index in [0.717, 1.165) is 9.87 Å². The monoisotopic (exact) mass is 404 g/mol. The largest absolute Gasteiger partial charge is 0.495 e. The highest BCUT2D eigenvalue weighted by Crippen LogP contribution is 2.30. The van der Waals surface area contributed by atoms with Crippen LogP contribution in [0.5, 0.6) is 5.75 Å². The van der Waals surface area contributed by atoms with Crippen molar-refractivity contribution in [3.05, 3.63) is 54.1 Å². The van der Waals surface area contributed by atoms with E-state index in [1.165, 1.54) is 7.11 Å². The van der Waals surface area contributed by atoms with Crippen LogP contribution in [0.4, 0.5) is 5.69 Å². The van der Waals surface area contributed by atoms with E-state index in [1.54, 1.807) is 55.5 Å². The minimum atomic E-state index is -4.02. The summed E-state index contributed by atoms with van der Waals surface area (Å²) < 4.78 is 33.3. The molecule has 0 bridgehead atoms. The summed E-state index contributed by atoms with van der Waals surface area (Å²) in [7, 11) is -2.60. The summed E-state index contributed by atoms with van der Waals surface area (Å²) in [5.74, 6) is -0.129. The van der Waals surface area contributed by atoms with Crippen molar-refractivity contribution in [1.29, 1.82) is 0 Å². The average Bonchev–Trinajstić information content (AvgIpc) is 2.64. The molecule has 0 aliphatic carbocycles. The van der Waals surface area contributed by atoms with Crippen LogP contribution >= 0.6 is 0 Å². The fourth-order valence-electron chi connectivity index (χ4n) is 2.56. The molecule has 0 heterocycles. The van der Waals surface area contributed by atoms with E-state index in [9.17, 15) is 13.2 Å². The summed E-state index contributed by atoms with van der Waals surface area (Å²) in [6, 6.07) is 13.5. The van der Waals surface area contributed by atoms with Crippen LogP contribution in [0.3, 0.4) is 0 Å². The highest BCUT2D eigenvalue weighted by molar-refractivity contribution is 7.93. The zero-order valence-electron chi connectivity index (χ0n) is 17.0. The van der Waals surface area contributed by atoms with Gasteiger partial charge in [-0.2, -0.15) is 0 Å². The molecular weight excluding hydrogens is 376 g/mol. The highest BCUT2D eigenvalue weighted by atomic mass is 32.2. The molecule has 0 radical (unpaired) electrons. The number of hydrogen-bond acceptors (Lipinski definition) is 4. The summed E-state index contributed by atoms with van der Waals surface area (Å²) in [6.07, 6.45) is 0. The summed E-state index contributed by atoms with van der Waals surface area (Å²) >= 11 is 0. The number of carbonyl (C=O) groups excluding carboxylic acids is 1. The van der Waals surface area contributed by atoms with Crippen LogP contribution < -0.4 is 14.4 Å². The Morgan fingerprint density at radius 3 is 2.32 bits per heavy atom. The van der Waals surface area contributed by atoms with E-state index in [1.807, 2.05) is 20.8 Å². The SMILES string of the molecule is COc1ccc(C)cc1S(=O)(=O)N(CC(=O)NCC(C)(C)C)c1ccccc1. The van der Waals surface area contributed by atoms with Crippen molar-refractivity contribution in [1.82, 2.24) is 5.32 Å². The van der Waals surface area contributed by atoms with E-state index >= 15 is 0 Å². The maximum Gasteiger partial charge on any atom is 0.268 e. The number of rotatable bonds is 7. The van der Waals surface area contributed by atoms with E-state index in [0.29, 0.717) is 12.2 Å². The molecule has 1 N–H and O–H groups in total. The maximum absolute atomic E-state index is 13.5. The van der Waals surface area contributed by atoms with Gasteiger partial charge in [-0.3, -0.25) is 9.10 Å². The summed E-state index contributed by atoms with van der Waals surface area (Å²) in [5.41, 5.74) is 1.09. The minimum absolute atomic E-state index is 0.0301. The average molecular weight is 405 g/mol. The van der Waals surface area contributed by atoms with Gasteiger partial charge in [-0.25, -0.2) is 8.42 Å². The number of ether oxygens (including phenoxy) is 1. The third-order valence-corrected chi connectivity index (χ3v) is 5.83. The molecule has 0 unspecified atom stereocenters. The van der Waals surface area contributed by atoms with E-state index in [4.69, 9.17) is 4.74 Å². The van der Waals surface area contributed by atoms with Crippen LogP contribution in [0.15, 0.2) is 53.4 Å². The second kappa shape index (κ2) is 8.65. The smallest absolute Gasteiger partial charge is 0.268 e. The third-order valence-electron chi connectivity index (χ3n) is 4.03. The number of anilines is 1. The first-order chi connectivity index (χ1) is 13.0. The van der Waals surface area contributed by atoms with Crippen LogP contribution in [-0.2, 0) is 14.8 Å². The topological polar surface area (TPSA) is 75.7 Å². The molecular formula is C21H28N2O4S. The molecule has 28 heavy (non-hydrogen) atoms. The standard InChI is InChI=1S/C21H28N2O4S/c1-16-11-12-18(27-5)19(13-16)28(25,26)23(17-9-7-6-8-10-17)14-20(24)22-15-21(2,3)4/h6-13H,14-15H2,1-5H3,(H,22,24). The first-order valence-electron chi connectivity index (χ1n) is 9.04. The fourth-order valence-corrected chi connectivity index (χ4v) is 4.23.